The lowest BCUT2D eigenvalue weighted by Crippen LogP contribution is -1.80. The summed E-state index contributed by atoms with van der Waals surface area (Å²) in [4.78, 5) is 4.29. The minimum Gasteiger partial charge on any atom is -0.381 e. The molecule has 0 atom stereocenters. The standard InChI is InChI=1S/C10H7N3OS/c11-9-4-7(14-13-9)6-2-1-3-8-10(6)12-5-15-8/h1-5H,(H2,11,13). The van der Waals surface area contributed by atoms with Crippen LogP contribution in [-0.2, 0) is 0 Å². The van der Waals surface area contributed by atoms with E-state index in [1.54, 1.807) is 17.4 Å². The zero-order chi connectivity index (χ0) is 10.3. The Morgan fingerprint density at radius 3 is 3.07 bits per heavy atom. The fourth-order valence-electron chi connectivity index (χ4n) is 1.50. The van der Waals surface area contributed by atoms with Crippen LogP contribution in [0.2, 0.25) is 0 Å². The molecule has 4 nitrogen and oxygen atoms in total. The number of hydrogen-bond acceptors (Lipinski definition) is 5. The van der Waals surface area contributed by atoms with Gasteiger partial charge in [0, 0.05) is 11.6 Å². The summed E-state index contributed by atoms with van der Waals surface area (Å²) in [6.45, 7) is 0. The van der Waals surface area contributed by atoms with E-state index in [9.17, 15) is 0 Å². The Hall–Kier alpha value is -1.88. The first kappa shape index (κ1) is 8.43. The molecule has 0 spiro atoms. The van der Waals surface area contributed by atoms with Gasteiger partial charge >= 0.3 is 0 Å². The summed E-state index contributed by atoms with van der Waals surface area (Å²) >= 11 is 1.60. The highest BCUT2D eigenvalue weighted by molar-refractivity contribution is 7.16. The summed E-state index contributed by atoms with van der Waals surface area (Å²) in [6.07, 6.45) is 0. The Morgan fingerprint density at radius 1 is 1.33 bits per heavy atom. The highest BCUT2D eigenvalue weighted by Crippen LogP contribution is 2.30. The molecule has 2 N–H and O–H groups in total. The van der Waals surface area contributed by atoms with E-state index in [0.29, 0.717) is 11.6 Å². The Bertz CT molecular complexity index is 614. The number of para-hydroxylation sites is 1. The molecule has 0 saturated heterocycles. The van der Waals surface area contributed by atoms with Crippen LogP contribution in [0.25, 0.3) is 21.5 Å². The van der Waals surface area contributed by atoms with Crippen molar-refractivity contribution in [2.45, 2.75) is 0 Å². The molecule has 0 unspecified atom stereocenters. The molecule has 0 amide bonds. The van der Waals surface area contributed by atoms with Crippen molar-refractivity contribution in [2.24, 2.45) is 0 Å². The average molecular weight is 217 g/mol. The Morgan fingerprint density at radius 2 is 2.27 bits per heavy atom. The summed E-state index contributed by atoms with van der Waals surface area (Å²) in [5.74, 6) is 1.04. The SMILES string of the molecule is Nc1cc(-c2cccc3scnc23)on1. The summed E-state index contributed by atoms with van der Waals surface area (Å²) < 4.78 is 6.24. The third-order valence-electron chi connectivity index (χ3n) is 2.15. The second kappa shape index (κ2) is 3.06. The van der Waals surface area contributed by atoms with Crippen molar-refractivity contribution >= 4 is 27.4 Å². The maximum atomic E-state index is 5.51. The van der Waals surface area contributed by atoms with Crippen LogP contribution >= 0.6 is 11.3 Å². The minimum absolute atomic E-state index is 0.386. The van der Waals surface area contributed by atoms with E-state index < -0.39 is 0 Å². The van der Waals surface area contributed by atoms with Crippen LogP contribution in [0.5, 0.6) is 0 Å². The van der Waals surface area contributed by atoms with Crippen LogP contribution in [0.1, 0.15) is 0 Å². The van der Waals surface area contributed by atoms with Gasteiger partial charge < -0.3 is 10.3 Å². The lowest BCUT2D eigenvalue weighted by molar-refractivity contribution is 0.436. The van der Waals surface area contributed by atoms with Gasteiger partial charge in [0.2, 0.25) is 0 Å². The first-order valence-corrected chi connectivity index (χ1v) is 5.27. The van der Waals surface area contributed by atoms with Crippen LogP contribution in [0.4, 0.5) is 5.82 Å². The molecule has 0 bridgehead atoms. The number of nitrogen functional groups attached to an aromatic ring is 1. The van der Waals surface area contributed by atoms with Crippen LogP contribution < -0.4 is 5.73 Å². The van der Waals surface area contributed by atoms with Gasteiger partial charge in [-0.1, -0.05) is 11.2 Å². The normalized spacial score (nSPS) is 10.9. The van der Waals surface area contributed by atoms with Gasteiger partial charge in [-0.05, 0) is 12.1 Å². The van der Waals surface area contributed by atoms with Gasteiger partial charge in [-0.25, -0.2) is 4.98 Å². The van der Waals surface area contributed by atoms with Crippen LogP contribution in [0.3, 0.4) is 0 Å². The van der Waals surface area contributed by atoms with E-state index in [2.05, 4.69) is 10.1 Å². The summed E-state index contributed by atoms with van der Waals surface area (Å²) in [5, 5.41) is 3.66. The highest BCUT2D eigenvalue weighted by atomic mass is 32.1. The zero-order valence-electron chi connectivity index (χ0n) is 7.68. The molecular formula is C10H7N3OS. The fourth-order valence-corrected chi connectivity index (χ4v) is 2.20. The van der Waals surface area contributed by atoms with Gasteiger partial charge in [0.1, 0.15) is 0 Å². The van der Waals surface area contributed by atoms with Crippen molar-refractivity contribution in [1.82, 2.24) is 10.1 Å². The van der Waals surface area contributed by atoms with E-state index >= 15 is 0 Å². The van der Waals surface area contributed by atoms with Gasteiger partial charge in [0.05, 0.1) is 15.7 Å². The van der Waals surface area contributed by atoms with Crippen molar-refractivity contribution in [3.63, 3.8) is 0 Å². The molecule has 0 aliphatic heterocycles. The van der Waals surface area contributed by atoms with Gasteiger partial charge in [0.15, 0.2) is 11.6 Å². The first-order chi connectivity index (χ1) is 7.34. The molecule has 2 heterocycles. The monoisotopic (exact) mass is 217 g/mol. The molecular weight excluding hydrogens is 210 g/mol. The Labute approximate surface area is 89.3 Å². The van der Waals surface area contributed by atoms with E-state index in [0.717, 1.165) is 15.8 Å². The average Bonchev–Trinajstić information content (AvgIpc) is 2.84. The molecule has 5 heteroatoms. The molecule has 1 aromatic carbocycles. The second-order valence-electron chi connectivity index (χ2n) is 3.12. The number of benzene rings is 1. The third kappa shape index (κ3) is 1.28. The number of nitrogens with zero attached hydrogens (tertiary/aromatic N) is 2. The van der Waals surface area contributed by atoms with Gasteiger partial charge in [-0.15, -0.1) is 11.3 Å². The predicted molar refractivity (Wildman–Crippen MR) is 59.5 cm³/mol. The molecule has 2 aromatic heterocycles. The number of nitrogens with two attached hydrogens (primary N) is 1. The molecule has 0 saturated carbocycles. The van der Waals surface area contributed by atoms with E-state index in [1.165, 1.54) is 0 Å². The number of anilines is 1. The van der Waals surface area contributed by atoms with Crippen molar-refractivity contribution in [3.05, 3.63) is 29.8 Å². The quantitative estimate of drug-likeness (QED) is 0.680. The van der Waals surface area contributed by atoms with Crippen molar-refractivity contribution in [2.75, 3.05) is 5.73 Å². The smallest absolute Gasteiger partial charge is 0.171 e. The molecule has 15 heavy (non-hydrogen) atoms. The van der Waals surface area contributed by atoms with Crippen LogP contribution in [-0.4, -0.2) is 10.1 Å². The number of thiazole rings is 1. The highest BCUT2D eigenvalue weighted by Gasteiger charge is 2.10. The third-order valence-corrected chi connectivity index (χ3v) is 2.95. The maximum Gasteiger partial charge on any atom is 0.171 e. The Kier molecular flexibility index (Phi) is 1.72. The van der Waals surface area contributed by atoms with Gasteiger partial charge in [-0.2, -0.15) is 0 Å². The number of aromatic nitrogens is 2. The zero-order valence-corrected chi connectivity index (χ0v) is 8.49. The first-order valence-electron chi connectivity index (χ1n) is 4.39. The van der Waals surface area contributed by atoms with E-state index in [-0.39, 0.29) is 0 Å². The predicted octanol–water partition coefficient (Wildman–Crippen LogP) is 2.53. The minimum atomic E-state index is 0.386. The summed E-state index contributed by atoms with van der Waals surface area (Å²) in [5.41, 5.74) is 9.18. The van der Waals surface area contributed by atoms with Crippen LogP contribution in [0, 0.1) is 0 Å². The van der Waals surface area contributed by atoms with E-state index in [1.807, 2.05) is 23.7 Å². The Balaban J connectivity index is 2.30. The molecule has 3 rings (SSSR count). The van der Waals surface area contributed by atoms with Crippen molar-refractivity contribution < 1.29 is 4.52 Å². The molecule has 74 valence electrons. The maximum absolute atomic E-state index is 5.51. The van der Waals surface area contributed by atoms with Crippen molar-refractivity contribution in [3.8, 4) is 11.3 Å². The summed E-state index contributed by atoms with van der Waals surface area (Å²) in [7, 11) is 0. The molecule has 0 aliphatic rings. The van der Waals surface area contributed by atoms with Gasteiger partial charge in [-0.3, -0.25) is 0 Å². The lowest BCUT2D eigenvalue weighted by Gasteiger charge is -1.95. The van der Waals surface area contributed by atoms with Crippen molar-refractivity contribution in [1.29, 1.82) is 0 Å². The second-order valence-corrected chi connectivity index (χ2v) is 4.01. The van der Waals surface area contributed by atoms with Crippen LogP contribution in [0.15, 0.2) is 34.3 Å². The largest absolute Gasteiger partial charge is 0.381 e. The molecule has 3 aromatic rings. The molecule has 0 aliphatic carbocycles. The number of hydrogen-bond donors (Lipinski definition) is 1. The molecule has 0 radical (unpaired) electrons. The lowest BCUT2D eigenvalue weighted by atomic mass is 10.1. The van der Waals surface area contributed by atoms with E-state index in [4.69, 9.17) is 10.3 Å². The number of rotatable bonds is 1. The molecule has 0 fully saturated rings. The fraction of sp³-hybridized carbons (Fsp3) is 0. The summed E-state index contributed by atoms with van der Waals surface area (Å²) in [6, 6.07) is 7.64. The van der Waals surface area contributed by atoms with Gasteiger partial charge in [0.25, 0.3) is 0 Å². The number of fused-ring (bicyclic) bond motifs is 1. The topological polar surface area (TPSA) is 64.9 Å².